The van der Waals surface area contributed by atoms with Crippen molar-refractivity contribution in [2.75, 3.05) is 26.2 Å². The number of piperazine rings is 1. The number of carbonyl (C=O) groups is 1. The van der Waals surface area contributed by atoms with E-state index in [1.54, 1.807) is 16.6 Å². The Morgan fingerprint density at radius 3 is 3.00 bits per heavy atom. The summed E-state index contributed by atoms with van der Waals surface area (Å²) in [4.78, 5) is 17.0. The molecule has 0 radical (unpaired) electrons. The van der Waals surface area contributed by atoms with Gasteiger partial charge in [0.1, 0.15) is 0 Å². The molecule has 2 rings (SSSR count). The van der Waals surface area contributed by atoms with Crippen LogP contribution in [0.3, 0.4) is 0 Å². The second-order valence-electron chi connectivity index (χ2n) is 2.93. The zero-order valence-electron chi connectivity index (χ0n) is 7.60. The number of ether oxygens (including phenoxy) is 1. The van der Waals surface area contributed by atoms with Crippen LogP contribution in [0.5, 0.6) is 5.06 Å². The van der Waals surface area contributed by atoms with Gasteiger partial charge in [0.2, 0.25) is 5.06 Å². The van der Waals surface area contributed by atoms with E-state index in [1.807, 2.05) is 0 Å². The van der Waals surface area contributed by atoms with E-state index < -0.39 is 0 Å². The summed E-state index contributed by atoms with van der Waals surface area (Å²) in [5.74, 6) is 0. The molecule has 0 saturated carbocycles. The first-order chi connectivity index (χ1) is 6.86. The molecule has 1 aromatic rings. The molecule has 6 heteroatoms. The summed E-state index contributed by atoms with van der Waals surface area (Å²) >= 11 is 1.32. The van der Waals surface area contributed by atoms with Gasteiger partial charge in [-0.25, -0.2) is 9.78 Å². The van der Waals surface area contributed by atoms with Crippen LogP contribution in [0.1, 0.15) is 0 Å². The molecule has 1 amide bonds. The van der Waals surface area contributed by atoms with E-state index in [0.717, 1.165) is 13.1 Å². The summed E-state index contributed by atoms with van der Waals surface area (Å²) < 4.78 is 5.11. The zero-order chi connectivity index (χ0) is 9.80. The van der Waals surface area contributed by atoms with Gasteiger partial charge < -0.3 is 15.0 Å². The SMILES string of the molecule is O=C(Oc1cncs1)N1CCNCC1. The number of carbonyl (C=O) groups excluding carboxylic acids is 1. The van der Waals surface area contributed by atoms with Crippen LogP contribution < -0.4 is 10.1 Å². The van der Waals surface area contributed by atoms with Crippen molar-refractivity contribution in [3.05, 3.63) is 11.7 Å². The van der Waals surface area contributed by atoms with Gasteiger partial charge in [0.15, 0.2) is 0 Å². The Hall–Kier alpha value is -1.14. The third-order valence-electron chi connectivity index (χ3n) is 1.97. The fraction of sp³-hybridized carbons (Fsp3) is 0.500. The Kier molecular flexibility index (Phi) is 2.95. The van der Waals surface area contributed by atoms with Crippen LogP contribution in [0, 0.1) is 0 Å². The number of thiazole rings is 1. The van der Waals surface area contributed by atoms with Crippen LogP contribution >= 0.6 is 11.3 Å². The highest BCUT2D eigenvalue weighted by atomic mass is 32.1. The predicted molar refractivity (Wildman–Crippen MR) is 52.6 cm³/mol. The van der Waals surface area contributed by atoms with Crippen molar-refractivity contribution in [3.63, 3.8) is 0 Å². The first-order valence-corrected chi connectivity index (χ1v) is 5.30. The lowest BCUT2D eigenvalue weighted by molar-refractivity contribution is 0.147. The lowest BCUT2D eigenvalue weighted by Gasteiger charge is -2.25. The normalized spacial score (nSPS) is 16.7. The van der Waals surface area contributed by atoms with Crippen LogP contribution in [0.4, 0.5) is 4.79 Å². The van der Waals surface area contributed by atoms with E-state index in [-0.39, 0.29) is 6.09 Å². The van der Waals surface area contributed by atoms with E-state index in [0.29, 0.717) is 18.2 Å². The van der Waals surface area contributed by atoms with Crippen LogP contribution in [0.25, 0.3) is 0 Å². The maximum Gasteiger partial charge on any atom is 0.416 e. The predicted octanol–water partition coefficient (Wildman–Crippen LogP) is 0.547. The summed E-state index contributed by atoms with van der Waals surface area (Å²) in [5.41, 5.74) is 1.64. The molecular formula is C8H11N3O2S. The molecule has 1 aliphatic rings. The number of hydrogen-bond donors (Lipinski definition) is 1. The standard InChI is InChI=1S/C8H11N3O2S/c12-8(11-3-1-9-2-4-11)13-7-5-10-6-14-7/h5-6,9H,1-4H2. The highest BCUT2D eigenvalue weighted by molar-refractivity contribution is 7.11. The van der Waals surface area contributed by atoms with E-state index in [4.69, 9.17) is 4.74 Å². The Labute approximate surface area is 85.7 Å². The number of rotatable bonds is 1. The van der Waals surface area contributed by atoms with Gasteiger partial charge in [0, 0.05) is 26.2 Å². The number of amides is 1. The largest absolute Gasteiger partial charge is 0.416 e. The summed E-state index contributed by atoms with van der Waals surface area (Å²) in [6.45, 7) is 3.07. The second kappa shape index (κ2) is 4.39. The highest BCUT2D eigenvalue weighted by Crippen LogP contribution is 2.16. The van der Waals surface area contributed by atoms with Crippen molar-refractivity contribution in [3.8, 4) is 5.06 Å². The lowest BCUT2D eigenvalue weighted by atomic mass is 10.4. The van der Waals surface area contributed by atoms with E-state index >= 15 is 0 Å². The van der Waals surface area contributed by atoms with Crippen LogP contribution in [0.15, 0.2) is 11.7 Å². The second-order valence-corrected chi connectivity index (χ2v) is 3.77. The minimum atomic E-state index is -0.282. The summed E-state index contributed by atoms with van der Waals surface area (Å²) in [6, 6.07) is 0. The van der Waals surface area contributed by atoms with Gasteiger partial charge in [-0.3, -0.25) is 0 Å². The molecule has 1 fully saturated rings. The minimum absolute atomic E-state index is 0.282. The third kappa shape index (κ3) is 2.21. The van der Waals surface area contributed by atoms with Crippen molar-refractivity contribution in [2.24, 2.45) is 0 Å². The van der Waals surface area contributed by atoms with Crippen molar-refractivity contribution in [1.82, 2.24) is 15.2 Å². The monoisotopic (exact) mass is 213 g/mol. The van der Waals surface area contributed by atoms with Crippen LogP contribution in [0.2, 0.25) is 0 Å². The van der Waals surface area contributed by atoms with Gasteiger partial charge in [0.05, 0.1) is 11.7 Å². The molecule has 76 valence electrons. The molecule has 1 aliphatic heterocycles. The van der Waals surface area contributed by atoms with E-state index in [2.05, 4.69) is 10.3 Å². The average Bonchev–Trinajstić information content (AvgIpc) is 2.72. The molecule has 0 atom stereocenters. The molecule has 0 aliphatic carbocycles. The third-order valence-corrected chi connectivity index (χ3v) is 2.62. The number of aromatic nitrogens is 1. The van der Waals surface area contributed by atoms with Crippen molar-refractivity contribution in [2.45, 2.75) is 0 Å². The molecule has 0 unspecified atom stereocenters. The van der Waals surface area contributed by atoms with Crippen molar-refractivity contribution in [1.29, 1.82) is 0 Å². The van der Waals surface area contributed by atoms with Crippen LogP contribution in [-0.2, 0) is 0 Å². The van der Waals surface area contributed by atoms with Crippen LogP contribution in [-0.4, -0.2) is 42.2 Å². The Balaban J connectivity index is 1.88. The number of nitrogens with one attached hydrogen (secondary N) is 1. The maximum atomic E-state index is 11.5. The molecular weight excluding hydrogens is 202 g/mol. The van der Waals surface area contributed by atoms with Gasteiger partial charge in [-0.15, -0.1) is 0 Å². The number of hydrogen-bond acceptors (Lipinski definition) is 5. The minimum Gasteiger partial charge on any atom is -0.397 e. The molecule has 1 N–H and O–H groups in total. The molecule has 2 heterocycles. The topological polar surface area (TPSA) is 54.5 Å². The quantitative estimate of drug-likeness (QED) is 0.740. The molecule has 0 aromatic carbocycles. The van der Waals surface area contributed by atoms with Crippen molar-refractivity contribution < 1.29 is 9.53 Å². The Morgan fingerprint density at radius 1 is 1.57 bits per heavy atom. The molecule has 0 spiro atoms. The first kappa shape index (κ1) is 9.42. The van der Waals surface area contributed by atoms with E-state index in [9.17, 15) is 4.79 Å². The van der Waals surface area contributed by atoms with Crippen molar-refractivity contribution >= 4 is 17.4 Å². The molecule has 5 nitrogen and oxygen atoms in total. The maximum absolute atomic E-state index is 11.5. The molecule has 14 heavy (non-hydrogen) atoms. The number of nitrogens with zero attached hydrogens (tertiary/aromatic N) is 2. The molecule has 0 bridgehead atoms. The fourth-order valence-corrected chi connectivity index (χ4v) is 1.72. The summed E-state index contributed by atoms with van der Waals surface area (Å²) in [7, 11) is 0. The van der Waals surface area contributed by atoms with Gasteiger partial charge >= 0.3 is 6.09 Å². The zero-order valence-corrected chi connectivity index (χ0v) is 8.42. The van der Waals surface area contributed by atoms with Gasteiger partial charge in [-0.1, -0.05) is 11.3 Å². The van der Waals surface area contributed by atoms with Gasteiger partial charge in [-0.05, 0) is 0 Å². The Bertz CT molecular complexity index is 296. The summed E-state index contributed by atoms with van der Waals surface area (Å²) in [6.07, 6.45) is 1.26. The molecule has 1 aromatic heterocycles. The average molecular weight is 213 g/mol. The van der Waals surface area contributed by atoms with E-state index in [1.165, 1.54) is 11.3 Å². The Morgan fingerprint density at radius 2 is 2.36 bits per heavy atom. The summed E-state index contributed by atoms with van der Waals surface area (Å²) in [5, 5.41) is 3.72. The molecule has 1 saturated heterocycles. The first-order valence-electron chi connectivity index (χ1n) is 4.42. The highest BCUT2D eigenvalue weighted by Gasteiger charge is 2.18. The van der Waals surface area contributed by atoms with Gasteiger partial charge in [0.25, 0.3) is 0 Å². The smallest absolute Gasteiger partial charge is 0.397 e. The lowest BCUT2D eigenvalue weighted by Crippen LogP contribution is -2.47. The fourth-order valence-electron chi connectivity index (χ4n) is 1.25. The van der Waals surface area contributed by atoms with Gasteiger partial charge in [-0.2, -0.15) is 0 Å².